The van der Waals surface area contributed by atoms with Gasteiger partial charge in [-0.1, -0.05) is 19.3 Å². The van der Waals surface area contributed by atoms with Crippen LogP contribution in [0.2, 0.25) is 0 Å². The van der Waals surface area contributed by atoms with E-state index in [1.54, 1.807) is 0 Å². The molecule has 3 unspecified atom stereocenters. The van der Waals surface area contributed by atoms with E-state index in [0.717, 1.165) is 19.1 Å². The number of hydrogen-bond donors (Lipinski definition) is 1. The number of nitrogens with zero attached hydrogens (tertiary/aromatic N) is 2. The van der Waals surface area contributed by atoms with Gasteiger partial charge in [0.2, 0.25) is 0 Å². The van der Waals surface area contributed by atoms with E-state index in [2.05, 4.69) is 17.1 Å². The van der Waals surface area contributed by atoms with E-state index in [1.807, 2.05) is 0 Å². The van der Waals surface area contributed by atoms with Crippen LogP contribution in [0.4, 0.5) is 0 Å². The Labute approximate surface area is 146 Å². The summed E-state index contributed by atoms with van der Waals surface area (Å²) >= 11 is 0. The molecule has 2 heterocycles. The predicted molar refractivity (Wildman–Crippen MR) is 96.1 cm³/mol. The Morgan fingerprint density at radius 2 is 2.00 bits per heavy atom. The Morgan fingerprint density at radius 1 is 1.17 bits per heavy atom. The maximum absolute atomic E-state index is 6.09. The van der Waals surface area contributed by atoms with Crippen LogP contribution in [0.25, 0.3) is 0 Å². The van der Waals surface area contributed by atoms with Gasteiger partial charge in [-0.2, -0.15) is 0 Å². The third-order valence-electron chi connectivity index (χ3n) is 8.03. The van der Waals surface area contributed by atoms with Crippen molar-refractivity contribution in [2.45, 2.75) is 76.9 Å². The van der Waals surface area contributed by atoms with Crippen LogP contribution in [0, 0.1) is 16.7 Å². The Morgan fingerprint density at radius 3 is 2.71 bits per heavy atom. The molecule has 4 heteroatoms. The van der Waals surface area contributed by atoms with Crippen LogP contribution >= 0.6 is 0 Å². The van der Waals surface area contributed by atoms with Gasteiger partial charge < -0.3 is 15.0 Å². The van der Waals surface area contributed by atoms with Crippen LogP contribution in [0.3, 0.4) is 0 Å². The third kappa shape index (κ3) is 2.11. The second-order valence-electron chi connectivity index (χ2n) is 9.13. The van der Waals surface area contributed by atoms with Crippen molar-refractivity contribution in [1.82, 2.24) is 10.2 Å². The van der Waals surface area contributed by atoms with Gasteiger partial charge in [-0.15, -0.1) is 0 Å². The molecule has 2 aliphatic heterocycles. The molecule has 0 aromatic rings. The Bertz CT molecular complexity index is 521. The molecule has 4 nitrogen and oxygen atoms in total. The number of nitrogens with one attached hydrogen (secondary N) is 1. The molecule has 0 aromatic carbocycles. The molecule has 0 bridgehead atoms. The molecule has 3 aliphatic carbocycles. The highest BCUT2D eigenvalue weighted by Crippen LogP contribution is 2.62. The lowest BCUT2D eigenvalue weighted by molar-refractivity contribution is -0.171. The molecule has 134 valence electrons. The minimum atomic E-state index is 0.445. The fourth-order valence-corrected chi connectivity index (χ4v) is 6.63. The standard InChI is InChI=1S/C20H33N3O/c1-2-21-18(23-12-11-19(14-23)7-3-4-8-19)22-16-15-6-13-24-17(15)20(16)9-5-10-20/h15-17H,2-14H2,1H3,(H,21,22). The second-order valence-corrected chi connectivity index (χ2v) is 9.13. The van der Waals surface area contributed by atoms with Crippen molar-refractivity contribution in [3.8, 4) is 0 Å². The second kappa shape index (κ2) is 5.62. The SMILES string of the molecule is CCN=C(NC1C2CCOC2C12CCC2)N1CCC2(CCCC2)C1. The van der Waals surface area contributed by atoms with E-state index in [-0.39, 0.29) is 0 Å². The van der Waals surface area contributed by atoms with Crippen molar-refractivity contribution in [2.75, 3.05) is 26.2 Å². The number of likely N-dealkylation sites (tertiary alicyclic amines) is 1. The summed E-state index contributed by atoms with van der Waals surface area (Å²) < 4.78 is 6.09. The largest absolute Gasteiger partial charge is 0.377 e. The van der Waals surface area contributed by atoms with Crippen molar-refractivity contribution < 1.29 is 4.74 Å². The van der Waals surface area contributed by atoms with Gasteiger partial charge in [-0.3, -0.25) is 4.99 Å². The molecular formula is C20H33N3O. The molecule has 3 atom stereocenters. The summed E-state index contributed by atoms with van der Waals surface area (Å²) in [6.07, 6.45) is 13.0. The molecule has 24 heavy (non-hydrogen) atoms. The topological polar surface area (TPSA) is 36.9 Å². The van der Waals surface area contributed by atoms with Gasteiger partial charge in [-0.25, -0.2) is 0 Å². The highest BCUT2D eigenvalue weighted by atomic mass is 16.5. The molecule has 0 radical (unpaired) electrons. The van der Waals surface area contributed by atoms with Crippen LogP contribution in [0.5, 0.6) is 0 Å². The highest BCUT2D eigenvalue weighted by molar-refractivity contribution is 5.81. The molecule has 3 saturated carbocycles. The first-order valence-electron chi connectivity index (χ1n) is 10.4. The van der Waals surface area contributed by atoms with E-state index in [4.69, 9.17) is 9.73 Å². The summed E-state index contributed by atoms with van der Waals surface area (Å²) in [4.78, 5) is 7.50. The van der Waals surface area contributed by atoms with Gasteiger partial charge in [0.25, 0.3) is 0 Å². The number of aliphatic imine (C=N–C) groups is 1. The minimum absolute atomic E-state index is 0.445. The lowest BCUT2D eigenvalue weighted by Gasteiger charge is -2.63. The maximum atomic E-state index is 6.09. The Hall–Kier alpha value is -0.770. The van der Waals surface area contributed by atoms with Crippen molar-refractivity contribution in [1.29, 1.82) is 0 Å². The normalized spacial score (nSPS) is 39.1. The maximum Gasteiger partial charge on any atom is 0.194 e. The van der Waals surface area contributed by atoms with Crippen molar-refractivity contribution in [3.63, 3.8) is 0 Å². The summed E-state index contributed by atoms with van der Waals surface area (Å²) in [5.74, 6) is 1.94. The summed E-state index contributed by atoms with van der Waals surface area (Å²) in [5, 5.41) is 3.96. The van der Waals surface area contributed by atoms with E-state index in [0.29, 0.717) is 23.0 Å². The smallest absolute Gasteiger partial charge is 0.194 e. The molecule has 2 spiro atoms. The summed E-state index contributed by atoms with van der Waals surface area (Å²) in [7, 11) is 0. The average molecular weight is 332 g/mol. The average Bonchev–Trinajstić information content (AvgIpc) is 3.25. The van der Waals surface area contributed by atoms with Crippen molar-refractivity contribution >= 4 is 5.96 Å². The molecule has 0 aromatic heterocycles. The molecule has 1 N–H and O–H groups in total. The summed E-state index contributed by atoms with van der Waals surface area (Å²) in [5.41, 5.74) is 1.06. The first-order valence-corrected chi connectivity index (χ1v) is 10.4. The Balaban J connectivity index is 1.31. The van der Waals surface area contributed by atoms with E-state index in [1.165, 1.54) is 76.8 Å². The molecular weight excluding hydrogens is 298 g/mol. The zero-order valence-electron chi connectivity index (χ0n) is 15.2. The zero-order valence-corrected chi connectivity index (χ0v) is 15.2. The molecule has 5 aliphatic rings. The lowest BCUT2D eigenvalue weighted by atomic mass is 9.46. The number of rotatable bonds is 2. The minimum Gasteiger partial charge on any atom is -0.377 e. The van der Waals surface area contributed by atoms with E-state index < -0.39 is 0 Å². The molecule has 5 rings (SSSR count). The predicted octanol–water partition coefficient (Wildman–Crippen LogP) is 3.18. The molecule has 0 amide bonds. The van der Waals surface area contributed by atoms with Gasteiger partial charge in [0.1, 0.15) is 0 Å². The van der Waals surface area contributed by atoms with Gasteiger partial charge in [-0.05, 0) is 50.9 Å². The first-order chi connectivity index (χ1) is 11.8. The Kier molecular flexibility index (Phi) is 3.62. The summed E-state index contributed by atoms with van der Waals surface area (Å²) in [6, 6.07) is 0.615. The van der Waals surface area contributed by atoms with Crippen LogP contribution in [0.1, 0.15) is 64.7 Å². The fourth-order valence-electron chi connectivity index (χ4n) is 6.63. The molecule has 2 saturated heterocycles. The van der Waals surface area contributed by atoms with E-state index in [9.17, 15) is 0 Å². The van der Waals surface area contributed by atoms with Crippen LogP contribution < -0.4 is 5.32 Å². The van der Waals surface area contributed by atoms with E-state index >= 15 is 0 Å². The third-order valence-corrected chi connectivity index (χ3v) is 8.03. The monoisotopic (exact) mass is 331 g/mol. The van der Waals surface area contributed by atoms with Gasteiger partial charge in [0.05, 0.1) is 6.10 Å². The highest BCUT2D eigenvalue weighted by Gasteiger charge is 2.67. The van der Waals surface area contributed by atoms with Gasteiger partial charge in [0, 0.05) is 43.6 Å². The lowest BCUT2D eigenvalue weighted by Crippen LogP contribution is -2.72. The zero-order chi connectivity index (χ0) is 16.2. The number of hydrogen-bond acceptors (Lipinski definition) is 2. The van der Waals surface area contributed by atoms with Crippen molar-refractivity contribution in [3.05, 3.63) is 0 Å². The van der Waals surface area contributed by atoms with Crippen LogP contribution in [-0.4, -0.2) is 49.2 Å². The summed E-state index contributed by atoms with van der Waals surface area (Å²) in [6.45, 7) is 6.47. The number of fused-ring (bicyclic) bond motifs is 2. The fraction of sp³-hybridized carbons (Fsp3) is 0.950. The van der Waals surface area contributed by atoms with Crippen molar-refractivity contribution in [2.24, 2.45) is 21.7 Å². The van der Waals surface area contributed by atoms with Crippen LogP contribution in [0.15, 0.2) is 4.99 Å². The van der Waals surface area contributed by atoms with Gasteiger partial charge >= 0.3 is 0 Å². The quantitative estimate of drug-likeness (QED) is 0.624. The molecule has 5 fully saturated rings. The number of guanidine groups is 1. The number of ether oxygens (including phenoxy) is 1. The van der Waals surface area contributed by atoms with Crippen LogP contribution in [-0.2, 0) is 4.74 Å². The first kappa shape index (κ1) is 15.5. The van der Waals surface area contributed by atoms with Gasteiger partial charge in [0.15, 0.2) is 5.96 Å².